The number of hydrogen-bond acceptors (Lipinski definition) is 12. The number of rotatable bonds is 9. The van der Waals surface area contributed by atoms with Crippen LogP contribution in [0, 0.1) is 0 Å². The molecule has 1 fully saturated rings. The van der Waals surface area contributed by atoms with E-state index in [0.717, 1.165) is 5.56 Å². The van der Waals surface area contributed by atoms with Crippen LogP contribution in [0.3, 0.4) is 0 Å². The van der Waals surface area contributed by atoms with Crippen molar-refractivity contribution in [1.29, 1.82) is 0 Å². The Bertz CT molecular complexity index is 1760. The van der Waals surface area contributed by atoms with E-state index in [0.29, 0.717) is 6.54 Å². The zero-order chi connectivity index (χ0) is 34.5. The standard InChI is InChI=1S/C36H39NO11/c1-18-31(40)23(37(12-13-38)17-20-8-5-4-6-9-20)14-26(47-18)48-25-16-36(45,19(2)39)15-22-28(25)35(44)30-29(33(22)42)32(41)21-10-7-11-24(46-3)27(21)34(30)43/h4-11,18,23,25-26,31,38,40,42,44-45H,12-17H2,1-3H3. The highest BCUT2D eigenvalue weighted by atomic mass is 16.7. The molecule has 0 amide bonds. The Hall–Kier alpha value is -4.17. The van der Waals surface area contributed by atoms with Crippen molar-refractivity contribution in [2.75, 3.05) is 20.3 Å². The molecule has 3 aliphatic rings. The van der Waals surface area contributed by atoms with Gasteiger partial charge in [0.1, 0.15) is 22.8 Å². The van der Waals surface area contributed by atoms with Crippen LogP contribution in [0.2, 0.25) is 0 Å². The molecule has 6 unspecified atom stereocenters. The van der Waals surface area contributed by atoms with Crippen molar-refractivity contribution in [2.45, 2.75) is 75.9 Å². The summed E-state index contributed by atoms with van der Waals surface area (Å²) in [6.07, 6.45) is -4.73. The number of benzene rings is 3. The number of aliphatic hydroxyl groups is 3. The smallest absolute Gasteiger partial charge is 0.202 e. The van der Waals surface area contributed by atoms with Crippen molar-refractivity contribution in [2.24, 2.45) is 0 Å². The minimum absolute atomic E-state index is 0.0240. The molecule has 0 aromatic heterocycles. The van der Waals surface area contributed by atoms with E-state index >= 15 is 0 Å². The van der Waals surface area contributed by atoms with Gasteiger partial charge < -0.3 is 39.7 Å². The van der Waals surface area contributed by atoms with Crippen LogP contribution in [-0.2, 0) is 27.2 Å². The monoisotopic (exact) mass is 661 g/mol. The fraction of sp³-hybridized carbons (Fsp3) is 0.417. The molecule has 6 atom stereocenters. The molecule has 2 aliphatic carbocycles. The van der Waals surface area contributed by atoms with Gasteiger partial charge in [-0.2, -0.15) is 0 Å². The quantitative estimate of drug-likeness (QED) is 0.166. The first-order valence-electron chi connectivity index (χ1n) is 15.9. The topological polar surface area (TPSA) is 183 Å². The number of aromatic hydroxyl groups is 2. The molecule has 0 spiro atoms. The summed E-state index contributed by atoms with van der Waals surface area (Å²) < 4.78 is 17.8. The third kappa shape index (κ3) is 5.68. The number of Topliss-reactive ketones (excluding diaryl/α,β-unsaturated/α-hetero) is 1. The molecule has 5 N–H and O–H groups in total. The molecule has 0 bridgehead atoms. The molecule has 6 rings (SSSR count). The molecule has 0 radical (unpaired) electrons. The zero-order valence-electron chi connectivity index (χ0n) is 26.9. The maximum absolute atomic E-state index is 13.9. The van der Waals surface area contributed by atoms with Gasteiger partial charge in [-0.05, 0) is 25.5 Å². The number of hydrogen-bond donors (Lipinski definition) is 5. The summed E-state index contributed by atoms with van der Waals surface area (Å²) in [4.78, 5) is 42.4. The molecular weight excluding hydrogens is 622 g/mol. The zero-order valence-corrected chi connectivity index (χ0v) is 26.9. The van der Waals surface area contributed by atoms with Crippen LogP contribution in [-0.4, -0.2) is 98.2 Å². The Morgan fingerprint density at radius 1 is 1.02 bits per heavy atom. The molecule has 1 aliphatic heterocycles. The fourth-order valence-electron chi connectivity index (χ4n) is 7.27. The summed E-state index contributed by atoms with van der Waals surface area (Å²) in [6.45, 7) is 3.35. The normalized spacial score (nSPS) is 26.5. The van der Waals surface area contributed by atoms with Crippen molar-refractivity contribution >= 4 is 17.3 Å². The lowest BCUT2D eigenvalue weighted by Crippen LogP contribution is -2.56. The molecular formula is C36H39NO11. The minimum Gasteiger partial charge on any atom is -0.507 e. The summed E-state index contributed by atoms with van der Waals surface area (Å²) in [5.41, 5.74) is -2.19. The van der Waals surface area contributed by atoms with Crippen LogP contribution in [0.25, 0.3) is 0 Å². The second kappa shape index (κ2) is 13.0. The molecule has 3 aromatic rings. The van der Waals surface area contributed by atoms with E-state index in [1.165, 1.54) is 32.2 Å². The van der Waals surface area contributed by atoms with Gasteiger partial charge in [0.15, 0.2) is 17.9 Å². The SMILES string of the molecule is COc1cccc2c1C(=O)c1c(O)c3c(c(O)c1C2=O)CC(O)(C(C)=O)CC3OC1CC(N(CCO)Cc2ccccc2)C(O)C(C)O1. The summed E-state index contributed by atoms with van der Waals surface area (Å²) in [5, 5.41) is 55.9. The van der Waals surface area contributed by atoms with Crippen LogP contribution in [0.1, 0.15) is 81.3 Å². The number of phenolic OH excluding ortho intramolecular Hbond substituents is 2. The predicted octanol–water partition coefficient (Wildman–Crippen LogP) is 2.56. The highest BCUT2D eigenvalue weighted by Gasteiger charge is 2.50. The Morgan fingerprint density at radius 2 is 1.73 bits per heavy atom. The molecule has 1 heterocycles. The Morgan fingerprint density at radius 3 is 2.40 bits per heavy atom. The molecule has 3 aromatic carbocycles. The maximum Gasteiger partial charge on any atom is 0.202 e. The average Bonchev–Trinajstić information content (AvgIpc) is 3.06. The van der Waals surface area contributed by atoms with Gasteiger partial charge in [0.05, 0.1) is 48.7 Å². The lowest BCUT2D eigenvalue weighted by molar-refractivity contribution is -0.259. The minimum atomic E-state index is -2.05. The number of carbonyl (C=O) groups excluding carboxylic acids is 3. The summed E-state index contributed by atoms with van der Waals surface area (Å²) in [5.74, 6) is -3.24. The van der Waals surface area contributed by atoms with E-state index < -0.39 is 82.6 Å². The average molecular weight is 662 g/mol. The first-order chi connectivity index (χ1) is 22.9. The van der Waals surface area contributed by atoms with Gasteiger partial charge in [0.2, 0.25) is 5.78 Å². The van der Waals surface area contributed by atoms with Crippen LogP contribution < -0.4 is 4.74 Å². The Balaban J connectivity index is 1.41. The van der Waals surface area contributed by atoms with Gasteiger partial charge in [-0.25, -0.2) is 0 Å². The third-order valence-corrected chi connectivity index (χ3v) is 9.81. The van der Waals surface area contributed by atoms with Crippen molar-refractivity contribution in [3.8, 4) is 17.2 Å². The summed E-state index contributed by atoms with van der Waals surface area (Å²) >= 11 is 0. The predicted molar refractivity (Wildman–Crippen MR) is 170 cm³/mol. The van der Waals surface area contributed by atoms with E-state index in [4.69, 9.17) is 14.2 Å². The van der Waals surface area contributed by atoms with Gasteiger partial charge >= 0.3 is 0 Å². The Labute approximate surface area is 277 Å². The lowest BCUT2D eigenvalue weighted by Gasteiger charge is -2.45. The Kier molecular flexibility index (Phi) is 9.16. The highest BCUT2D eigenvalue weighted by Crippen LogP contribution is 2.52. The number of methoxy groups -OCH3 is 1. The second-order valence-corrected chi connectivity index (χ2v) is 12.7. The van der Waals surface area contributed by atoms with Crippen molar-refractivity contribution in [3.63, 3.8) is 0 Å². The third-order valence-electron chi connectivity index (χ3n) is 9.81. The van der Waals surface area contributed by atoms with Gasteiger partial charge in [-0.1, -0.05) is 42.5 Å². The van der Waals surface area contributed by atoms with Gasteiger partial charge in [0.25, 0.3) is 0 Å². The van der Waals surface area contributed by atoms with Crippen LogP contribution in [0.15, 0.2) is 48.5 Å². The molecule has 12 nitrogen and oxygen atoms in total. The van der Waals surface area contributed by atoms with E-state index in [1.807, 2.05) is 35.2 Å². The van der Waals surface area contributed by atoms with Crippen molar-refractivity contribution in [3.05, 3.63) is 87.5 Å². The van der Waals surface area contributed by atoms with Crippen LogP contribution in [0.5, 0.6) is 17.2 Å². The van der Waals surface area contributed by atoms with Crippen molar-refractivity contribution in [1.82, 2.24) is 4.90 Å². The number of ketones is 3. The number of nitrogens with zero attached hydrogens (tertiary/aromatic N) is 1. The number of ether oxygens (including phenoxy) is 3. The number of aliphatic hydroxyl groups excluding tert-OH is 2. The van der Waals surface area contributed by atoms with E-state index in [2.05, 4.69) is 0 Å². The first kappa shape index (κ1) is 33.7. The van der Waals surface area contributed by atoms with Gasteiger partial charge in [-0.15, -0.1) is 0 Å². The van der Waals surface area contributed by atoms with Gasteiger partial charge in [0, 0.05) is 55.1 Å². The van der Waals surface area contributed by atoms with Gasteiger partial charge in [-0.3, -0.25) is 19.3 Å². The summed E-state index contributed by atoms with van der Waals surface area (Å²) in [7, 11) is 1.34. The summed E-state index contributed by atoms with van der Waals surface area (Å²) in [6, 6.07) is 13.5. The lowest BCUT2D eigenvalue weighted by atomic mass is 9.72. The van der Waals surface area contributed by atoms with Crippen molar-refractivity contribution < 1.29 is 54.1 Å². The number of phenols is 2. The number of fused-ring (bicyclic) bond motifs is 3. The van der Waals surface area contributed by atoms with Crippen LogP contribution in [0.4, 0.5) is 0 Å². The molecule has 1 saturated heterocycles. The molecule has 254 valence electrons. The fourth-order valence-corrected chi connectivity index (χ4v) is 7.27. The molecule has 12 heteroatoms. The number of carbonyl (C=O) groups is 3. The van der Waals surface area contributed by atoms with E-state index in [1.54, 1.807) is 6.92 Å². The maximum atomic E-state index is 13.9. The van der Waals surface area contributed by atoms with E-state index in [-0.39, 0.29) is 54.0 Å². The van der Waals surface area contributed by atoms with E-state index in [9.17, 15) is 39.9 Å². The molecule has 0 saturated carbocycles. The second-order valence-electron chi connectivity index (χ2n) is 12.7. The largest absolute Gasteiger partial charge is 0.507 e. The highest BCUT2D eigenvalue weighted by molar-refractivity contribution is 6.31. The van der Waals surface area contributed by atoms with Crippen LogP contribution >= 0.6 is 0 Å². The molecule has 48 heavy (non-hydrogen) atoms. The first-order valence-corrected chi connectivity index (χ1v) is 15.9.